The van der Waals surface area contributed by atoms with Gasteiger partial charge in [0.2, 0.25) is 0 Å². The van der Waals surface area contributed by atoms with Gasteiger partial charge in [-0.15, -0.1) is 0 Å². The lowest BCUT2D eigenvalue weighted by Crippen LogP contribution is -2.01. The molecule has 1 aromatic carbocycles. The summed E-state index contributed by atoms with van der Waals surface area (Å²) < 4.78 is 10.3. The molecule has 0 aliphatic carbocycles. The van der Waals surface area contributed by atoms with Crippen molar-refractivity contribution in [1.29, 1.82) is 0 Å². The van der Waals surface area contributed by atoms with E-state index >= 15 is 0 Å². The third kappa shape index (κ3) is 1.99. The Balaban J connectivity index is 2.48. The van der Waals surface area contributed by atoms with Crippen LogP contribution in [-0.4, -0.2) is 18.2 Å². The molecule has 82 valence electrons. The van der Waals surface area contributed by atoms with Crippen LogP contribution in [0.15, 0.2) is 39.5 Å². The number of halogens is 1. The molecule has 0 N–H and O–H groups in total. The molecule has 0 saturated heterocycles. The van der Waals surface area contributed by atoms with E-state index in [0.717, 1.165) is 10.0 Å². The van der Waals surface area contributed by atoms with E-state index < -0.39 is 5.97 Å². The second kappa shape index (κ2) is 4.49. The molecular formula is C11H8BrNO3. The van der Waals surface area contributed by atoms with Gasteiger partial charge >= 0.3 is 5.97 Å². The molecule has 0 saturated carbocycles. The largest absolute Gasteiger partial charge is 0.465 e. The number of carbonyl (C=O) groups excluding carboxylic acids is 1. The number of esters is 1. The number of nitrogens with zero attached hydrogens (tertiary/aromatic N) is 1. The van der Waals surface area contributed by atoms with Crippen molar-refractivity contribution in [1.82, 2.24) is 5.16 Å². The number of methoxy groups -OCH3 is 1. The highest BCUT2D eigenvalue weighted by Gasteiger charge is 2.17. The number of carbonyl (C=O) groups is 1. The summed E-state index contributed by atoms with van der Waals surface area (Å²) in [7, 11) is 1.32. The van der Waals surface area contributed by atoms with Gasteiger partial charge in [0.05, 0.1) is 7.11 Å². The van der Waals surface area contributed by atoms with Crippen molar-refractivity contribution in [2.24, 2.45) is 0 Å². The standard InChI is InChI=1S/C11H8BrNO3/c1-15-11(14)9-6-16-13-10(9)7-3-2-4-8(12)5-7/h2-6H,1H3. The lowest BCUT2D eigenvalue weighted by molar-refractivity contribution is 0.0600. The van der Waals surface area contributed by atoms with Gasteiger partial charge in [-0.2, -0.15) is 0 Å². The van der Waals surface area contributed by atoms with E-state index in [0.29, 0.717) is 11.3 Å². The Morgan fingerprint density at radius 1 is 1.50 bits per heavy atom. The van der Waals surface area contributed by atoms with Crippen molar-refractivity contribution in [2.45, 2.75) is 0 Å². The highest BCUT2D eigenvalue weighted by atomic mass is 79.9. The van der Waals surface area contributed by atoms with Crippen LogP contribution in [0.4, 0.5) is 0 Å². The third-order valence-corrected chi connectivity index (χ3v) is 2.57. The van der Waals surface area contributed by atoms with E-state index in [9.17, 15) is 4.79 Å². The first kappa shape index (κ1) is 10.9. The molecule has 0 bridgehead atoms. The Bertz CT molecular complexity index is 521. The van der Waals surface area contributed by atoms with Gasteiger partial charge in [0.25, 0.3) is 0 Å². The van der Waals surface area contributed by atoms with Crippen molar-refractivity contribution in [3.05, 3.63) is 40.6 Å². The summed E-state index contributed by atoms with van der Waals surface area (Å²) in [6.07, 6.45) is 1.28. The predicted octanol–water partition coefficient (Wildman–Crippen LogP) is 2.89. The summed E-state index contributed by atoms with van der Waals surface area (Å²) in [6, 6.07) is 7.44. The Kier molecular flexibility index (Phi) is 3.05. The number of hydrogen-bond acceptors (Lipinski definition) is 4. The van der Waals surface area contributed by atoms with Gasteiger partial charge in [-0.3, -0.25) is 0 Å². The summed E-state index contributed by atoms with van der Waals surface area (Å²) in [5.41, 5.74) is 1.59. The maximum absolute atomic E-state index is 11.4. The fourth-order valence-electron chi connectivity index (χ4n) is 1.34. The van der Waals surface area contributed by atoms with Crippen LogP contribution in [0.2, 0.25) is 0 Å². The molecule has 0 radical (unpaired) electrons. The first-order chi connectivity index (χ1) is 7.72. The summed E-state index contributed by atoms with van der Waals surface area (Å²) in [4.78, 5) is 11.4. The summed E-state index contributed by atoms with van der Waals surface area (Å²) in [5.74, 6) is -0.462. The SMILES string of the molecule is COC(=O)c1conc1-c1cccc(Br)c1. The minimum atomic E-state index is -0.462. The molecule has 1 aromatic heterocycles. The van der Waals surface area contributed by atoms with Crippen molar-refractivity contribution < 1.29 is 14.1 Å². The number of aromatic nitrogens is 1. The fourth-order valence-corrected chi connectivity index (χ4v) is 1.73. The lowest BCUT2D eigenvalue weighted by atomic mass is 10.1. The third-order valence-electron chi connectivity index (χ3n) is 2.07. The highest BCUT2D eigenvalue weighted by molar-refractivity contribution is 9.10. The van der Waals surface area contributed by atoms with Crippen LogP contribution in [-0.2, 0) is 4.74 Å². The highest BCUT2D eigenvalue weighted by Crippen LogP contribution is 2.25. The average molecular weight is 282 g/mol. The van der Waals surface area contributed by atoms with E-state index in [1.165, 1.54) is 13.4 Å². The van der Waals surface area contributed by atoms with Gasteiger partial charge in [0.1, 0.15) is 17.5 Å². The minimum absolute atomic E-state index is 0.320. The topological polar surface area (TPSA) is 52.3 Å². The molecule has 5 heteroatoms. The Morgan fingerprint density at radius 3 is 3.00 bits per heavy atom. The Labute approximate surface area is 100 Å². The van der Waals surface area contributed by atoms with Gasteiger partial charge in [0.15, 0.2) is 0 Å². The average Bonchev–Trinajstić information content (AvgIpc) is 2.77. The van der Waals surface area contributed by atoms with Gasteiger partial charge in [-0.25, -0.2) is 4.79 Å². The van der Waals surface area contributed by atoms with Crippen molar-refractivity contribution in [3.8, 4) is 11.3 Å². The molecule has 0 spiro atoms. The molecule has 0 aliphatic heterocycles. The van der Waals surface area contributed by atoms with E-state index in [-0.39, 0.29) is 0 Å². The van der Waals surface area contributed by atoms with Crippen LogP contribution >= 0.6 is 15.9 Å². The van der Waals surface area contributed by atoms with Gasteiger partial charge in [0, 0.05) is 10.0 Å². The van der Waals surface area contributed by atoms with Crippen LogP contribution in [0.1, 0.15) is 10.4 Å². The summed E-state index contributed by atoms with van der Waals surface area (Å²) in [6.45, 7) is 0. The Hall–Kier alpha value is -1.62. The van der Waals surface area contributed by atoms with Crippen molar-refractivity contribution in [3.63, 3.8) is 0 Å². The zero-order valence-corrected chi connectivity index (χ0v) is 10.0. The smallest absolute Gasteiger partial charge is 0.343 e. The molecule has 4 nitrogen and oxygen atoms in total. The van der Waals surface area contributed by atoms with Crippen molar-refractivity contribution in [2.75, 3.05) is 7.11 Å². The Morgan fingerprint density at radius 2 is 2.31 bits per heavy atom. The second-order valence-electron chi connectivity index (χ2n) is 3.08. The van der Waals surface area contributed by atoms with Gasteiger partial charge in [-0.05, 0) is 12.1 Å². The number of rotatable bonds is 2. The zero-order valence-electron chi connectivity index (χ0n) is 8.44. The molecule has 2 aromatic rings. The predicted molar refractivity (Wildman–Crippen MR) is 61.0 cm³/mol. The number of hydrogen-bond donors (Lipinski definition) is 0. The fraction of sp³-hybridized carbons (Fsp3) is 0.0909. The first-order valence-corrected chi connectivity index (χ1v) is 5.30. The minimum Gasteiger partial charge on any atom is -0.465 e. The number of ether oxygens (including phenoxy) is 1. The normalized spacial score (nSPS) is 10.1. The van der Waals surface area contributed by atoms with Crippen LogP contribution in [0.3, 0.4) is 0 Å². The summed E-state index contributed by atoms with van der Waals surface area (Å²) >= 11 is 3.35. The molecule has 16 heavy (non-hydrogen) atoms. The monoisotopic (exact) mass is 281 g/mol. The molecule has 0 fully saturated rings. The molecular weight excluding hydrogens is 274 g/mol. The van der Waals surface area contributed by atoms with Crippen LogP contribution < -0.4 is 0 Å². The zero-order chi connectivity index (χ0) is 11.5. The van der Waals surface area contributed by atoms with Crippen LogP contribution in [0, 0.1) is 0 Å². The van der Waals surface area contributed by atoms with Gasteiger partial charge < -0.3 is 9.26 Å². The maximum atomic E-state index is 11.4. The van der Waals surface area contributed by atoms with Gasteiger partial charge in [-0.1, -0.05) is 33.2 Å². The van der Waals surface area contributed by atoms with E-state index in [2.05, 4.69) is 25.8 Å². The first-order valence-electron chi connectivity index (χ1n) is 4.51. The van der Waals surface area contributed by atoms with E-state index in [1.54, 1.807) is 0 Å². The quantitative estimate of drug-likeness (QED) is 0.795. The second-order valence-corrected chi connectivity index (χ2v) is 3.99. The van der Waals surface area contributed by atoms with E-state index in [4.69, 9.17) is 4.52 Å². The molecule has 0 aliphatic rings. The summed E-state index contributed by atoms with van der Waals surface area (Å²) in [5, 5.41) is 3.80. The van der Waals surface area contributed by atoms with Crippen LogP contribution in [0.5, 0.6) is 0 Å². The molecule has 2 rings (SSSR count). The van der Waals surface area contributed by atoms with Crippen LogP contribution in [0.25, 0.3) is 11.3 Å². The van der Waals surface area contributed by atoms with E-state index in [1.807, 2.05) is 24.3 Å². The maximum Gasteiger partial charge on any atom is 0.343 e. The molecule has 0 amide bonds. The number of benzene rings is 1. The molecule has 0 unspecified atom stereocenters. The lowest BCUT2D eigenvalue weighted by Gasteiger charge is -2.00. The molecule has 1 heterocycles. The molecule has 0 atom stereocenters. The van der Waals surface area contributed by atoms with Crippen molar-refractivity contribution >= 4 is 21.9 Å².